The Hall–Kier alpha value is -1.92. The van der Waals surface area contributed by atoms with E-state index in [1.165, 1.54) is 0 Å². The highest BCUT2D eigenvalue weighted by Gasteiger charge is 2.18. The van der Waals surface area contributed by atoms with E-state index < -0.39 is 0 Å². The van der Waals surface area contributed by atoms with E-state index in [1.807, 2.05) is 18.2 Å². The monoisotopic (exact) mass is 231 g/mol. The molecular weight excluding hydrogens is 218 g/mol. The Morgan fingerprint density at radius 3 is 3.00 bits per heavy atom. The number of rotatable bonds is 2. The summed E-state index contributed by atoms with van der Waals surface area (Å²) in [6.07, 6.45) is 1.70. The Balaban J connectivity index is 1.80. The summed E-state index contributed by atoms with van der Waals surface area (Å²) in [4.78, 5) is 19.1. The van der Waals surface area contributed by atoms with Crippen LogP contribution in [0, 0.1) is 0 Å². The van der Waals surface area contributed by atoms with Crippen LogP contribution in [-0.4, -0.2) is 35.0 Å². The van der Waals surface area contributed by atoms with Crippen LogP contribution < -0.4 is 16.2 Å². The third kappa shape index (κ3) is 2.00. The molecule has 3 heterocycles. The number of carbonyl (C=O) groups is 1. The standard InChI is InChI=1S/C11H13N5O/c17-11(15-8-5-13-14-6-8)9-4-7-2-1-3-12-10(7)16-9/h1-4,8,13-14H,5-6H2,(H,12,16)(H,15,17). The Morgan fingerprint density at radius 1 is 1.41 bits per heavy atom. The number of nitrogens with one attached hydrogen (secondary N) is 4. The molecule has 6 nitrogen and oxygen atoms in total. The van der Waals surface area contributed by atoms with Crippen LogP contribution in [0.1, 0.15) is 10.5 Å². The molecule has 0 bridgehead atoms. The van der Waals surface area contributed by atoms with Gasteiger partial charge in [0.25, 0.3) is 5.91 Å². The van der Waals surface area contributed by atoms with E-state index in [2.05, 4.69) is 26.1 Å². The molecule has 1 saturated heterocycles. The van der Waals surface area contributed by atoms with Crippen molar-refractivity contribution < 1.29 is 4.79 Å². The molecule has 2 aromatic heterocycles. The van der Waals surface area contributed by atoms with Gasteiger partial charge in [-0.15, -0.1) is 0 Å². The van der Waals surface area contributed by atoms with Gasteiger partial charge in [-0.05, 0) is 18.2 Å². The minimum absolute atomic E-state index is 0.0986. The first-order valence-electron chi connectivity index (χ1n) is 5.53. The lowest BCUT2D eigenvalue weighted by atomic mass is 10.3. The summed E-state index contributed by atoms with van der Waals surface area (Å²) in [6.45, 7) is 1.48. The van der Waals surface area contributed by atoms with Crippen molar-refractivity contribution in [2.45, 2.75) is 6.04 Å². The zero-order chi connectivity index (χ0) is 11.7. The highest BCUT2D eigenvalue weighted by atomic mass is 16.2. The van der Waals surface area contributed by atoms with Gasteiger partial charge < -0.3 is 10.3 Å². The molecule has 2 aromatic rings. The van der Waals surface area contributed by atoms with Crippen LogP contribution >= 0.6 is 0 Å². The lowest BCUT2D eigenvalue weighted by molar-refractivity contribution is 0.0937. The van der Waals surface area contributed by atoms with E-state index >= 15 is 0 Å². The molecule has 0 atom stereocenters. The van der Waals surface area contributed by atoms with Crippen molar-refractivity contribution in [1.29, 1.82) is 0 Å². The maximum atomic E-state index is 11.9. The summed E-state index contributed by atoms with van der Waals surface area (Å²) in [6, 6.07) is 5.71. The van der Waals surface area contributed by atoms with Crippen molar-refractivity contribution in [2.24, 2.45) is 0 Å². The molecule has 0 spiro atoms. The average Bonchev–Trinajstić information content (AvgIpc) is 2.96. The van der Waals surface area contributed by atoms with E-state index in [-0.39, 0.29) is 11.9 Å². The fourth-order valence-electron chi connectivity index (χ4n) is 1.91. The number of hydrazine groups is 1. The first-order chi connectivity index (χ1) is 8.33. The van der Waals surface area contributed by atoms with Gasteiger partial charge in [0, 0.05) is 24.7 Å². The summed E-state index contributed by atoms with van der Waals surface area (Å²) in [5, 5.41) is 3.88. The molecule has 4 N–H and O–H groups in total. The molecule has 0 aliphatic carbocycles. The van der Waals surface area contributed by atoms with E-state index in [9.17, 15) is 4.79 Å². The molecule has 1 aliphatic heterocycles. The first kappa shape index (κ1) is 10.2. The van der Waals surface area contributed by atoms with Crippen LogP contribution in [0.25, 0.3) is 11.0 Å². The molecule has 1 fully saturated rings. The average molecular weight is 231 g/mol. The fourth-order valence-corrected chi connectivity index (χ4v) is 1.91. The van der Waals surface area contributed by atoms with Gasteiger partial charge in [-0.3, -0.25) is 15.6 Å². The quantitative estimate of drug-likeness (QED) is 0.575. The van der Waals surface area contributed by atoms with Crippen molar-refractivity contribution in [2.75, 3.05) is 13.1 Å². The topological polar surface area (TPSA) is 81.8 Å². The lowest BCUT2D eigenvalue weighted by Crippen LogP contribution is -2.38. The second kappa shape index (κ2) is 4.15. The highest BCUT2D eigenvalue weighted by Crippen LogP contribution is 2.12. The zero-order valence-corrected chi connectivity index (χ0v) is 9.16. The maximum absolute atomic E-state index is 11.9. The van der Waals surface area contributed by atoms with E-state index in [0.29, 0.717) is 5.69 Å². The van der Waals surface area contributed by atoms with Gasteiger partial charge >= 0.3 is 0 Å². The largest absolute Gasteiger partial charge is 0.345 e. The molecule has 3 rings (SSSR count). The number of pyridine rings is 1. The molecule has 17 heavy (non-hydrogen) atoms. The number of fused-ring (bicyclic) bond motifs is 1. The normalized spacial score (nSPS) is 16.5. The molecule has 1 amide bonds. The predicted octanol–water partition coefficient (Wildman–Crippen LogP) is -0.231. The van der Waals surface area contributed by atoms with Crippen molar-refractivity contribution in [3.63, 3.8) is 0 Å². The molecule has 88 valence electrons. The minimum atomic E-state index is -0.0986. The summed E-state index contributed by atoms with van der Waals surface area (Å²) < 4.78 is 0. The Kier molecular flexibility index (Phi) is 2.50. The maximum Gasteiger partial charge on any atom is 0.268 e. The number of aromatic amines is 1. The fraction of sp³-hybridized carbons (Fsp3) is 0.273. The Labute approximate surface area is 97.8 Å². The first-order valence-corrected chi connectivity index (χ1v) is 5.53. The SMILES string of the molecule is O=C(NC1CNNC1)c1cc2cccnc2[nH]1. The number of H-pyrrole nitrogens is 1. The van der Waals surface area contributed by atoms with Crippen LogP contribution in [0.4, 0.5) is 0 Å². The number of nitrogens with zero attached hydrogens (tertiary/aromatic N) is 1. The molecule has 0 aromatic carbocycles. The van der Waals surface area contributed by atoms with Crippen LogP contribution in [-0.2, 0) is 0 Å². The zero-order valence-electron chi connectivity index (χ0n) is 9.16. The molecule has 0 saturated carbocycles. The van der Waals surface area contributed by atoms with Gasteiger partial charge in [0.15, 0.2) is 0 Å². The number of hydrogen-bond acceptors (Lipinski definition) is 4. The molecular formula is C11H13N5O. The van der Waals surface area contributed by atoms with Crippen LogP contribution in [0.2, 0.25) is 0 Å². The summed E-state index contributed by atoms with van der Waals surface area (Å²) in [5.41, 5.74) is 7.22. The third-order valence-corrected chi connectivity index (χ3v) is 2.79. The van der Waals surface area contributed by atoms with Gasteiger partial charge in [0.1, 0.15) is 11.3 Å². The Bertz CT molecular complexity index is 511. The molecule has 0 unspecified atom stereocenters. The van der Waals surface area contributed by atoms with E-state index in [0.717, 1.165) is 24.1 Å². The van der Waals surface area contributed by atoms with Crippen molar-refractivity contribution in [3.05, 3.63) is 30.1 Å². The van der Waals surface area contributed by atoms with Gasteiger partial charge in [-0.25, -0.2) is 4.98 Å². The second-order valence-electron chi connectivity index (χ2n) is 4.06. The molecule has 0 radical (unpaired) electrons. The van der Waals surface area contributed by atoms with Gasteiger partial charge in [-0.1, -0.05) is 0 Å². The number of carbonyl (C=O) groups excluding carboxylic acids is 1. The van der Waals surface area contributed by atoms with Crippen LogP contribution in [0.15, 0.2) is 24.4 Å². The lowest BCUT2D eigenvalue weighted by Gasteiger charge is -2.08. The Morgan fingerprint density at radius 2 is 2.24 bits per heavy atom. The van der Waals surface area contributed by atoms with Crippen molar-refractivity contribution >= 4 is 16.9 Å². The predicted molar refractivity (Wildman–Crippen MR) is 63.4 cm³/mol. The second-order valence-corrected chi connectivity index (χ2v) is 4.06. The summed E-state index contributed by atoms with van der Waals surface area (Å²) in [5.74, 6) is -0.0986. The number of amides is 1. The van der Waals surface area contributed by atoms with Gasteiger partial charge in [0.05, 0.1) is 6.04 Å². The number of aromatic nitrogens is 2. The summed E-state index contributed by atoms with van der Waals surface area (Å²) in [7, 11) is 0. The minimum Gasteiger partial charge on any atom is -0.345 e. The van der Waals surface area contributed by atoms with Crippen molar-refractivity contribution in [3.8, 4) is 0 Å². The van der Waals surface area contributed by atoms with E-state index in [4.69, 9.17) is 0 Å². The van der Waals surface area contributed by atoms with Crippen LogP contribution in [0.3, 0.4) is 0 Å². The summed E-state index contributed by atoms with van der Waals surface area (Å²) >= 11 is 0. The smallest absolute Gasteiger partial charge is 0.268 e. The molecule has 1 aliphatic rings. The van der Waals surface area contributed by atoms with Crippen LogP contribution in [0.5, 0.6) is 0 Å². The van der Waals surface area contributed by atoms with Gasteiger partial charge in [-0.2, -0.15) is 0 Å². The van der Waals surface area contributed by atoms with E-state index in [1.54, 1.807) is 6.20 Å². The third-order valence-electron chi connectivity index (χ3n) is 2.79. The molecule has 6 heteroatoms. The highest BCUT2D eigenvalue weighted by molar-refractivity contribution is 5.97. The van der Waals surface area contributed by atoms with Gasteiger partial charge in [0.2, 0.25) is 0 Å². The number of hydrogen-bond donors (Lipinski definition) is 4. The van der Waals surface area contributed by atoms with Crippen molar-refractivity contribution in [1.82, 2.24) is 26.1 Å².